The van der Waals surface area contributed by atoms with Crippen molar-refractivity contribution < 1.29 is 9.84 Å². The third-order valence-corrected chi connectivity index (χ3v) is 4.85. The molecule has 0 bridgehead atoms. The molecule has 1 aliphatic carbocycles. The molecule has 2 rings (SSSR count). The molecule has 3 heteroatoms. The lowest BCUT2D eigenvalue weighted by Crippen LogP contribution is -2.52. The van der Waals surface area contributed by atoms with Crippen molar-refractivity contribution in [2.45, 2.75) is 64.2 Å². The molecule has 0 aromatic rings. The Morgan fingerprint density at radius 2 is 1.88 bits per heavy atom. The van der Waals surface area contributed by atoms with E-state index in [0.717, 1.165) is 18.3 Å². The molecule has 0 amide bonds. The zero-order valence-corrected chi connectivity index (χ0v) is 11.4. The van der Waals surface area contributed by atoms with Gasteiger partial charge in [-0.2, -0.15) is 0 Å². The summed E-state index contributed by atoms with van der Waals surface area (Å²) in [7, 11) is 0. The molecule has 1 saturated carbocycles. The second-order valence-corrected chi connectivity index (χ2v) is 6.16. The lowest BCUT2D eigenvalue weighted by molar-refractivity contribution is -0.0307. The van der Waals surface area contributed by atoms with E-state index >= 15 is 0 Å². The maximum atomic E-state index is 10.5. The van der Waals surface area contributed by atoms with Crippen LogP contribution in [0.3, 0.4) is 0 Å². The Morgan fingerprint density at radius 3 is 2.41 bits per heavy atom. The van der Waals surface area contributed by atoms with Crippen molar-refractivity contribution in [2.24, 2.45) is 11.8 Å². The van der Waals surface area contributed by atoms with Gasteiger partial charge in [0.1, 0.15) is 5.60 Å². The fourth-order valence-corrected chi connectivity index (χ4v) is 3.38. The maximum Gasteiger partial charge on any atom is 0.105 e. The van der Waals surface area contributed by atoms with Crippen molar-refractivity contribution in [1.29, 1.82) is 0 Å². The van der Waals surface area contributed by atoms with Crippen molar-refractivity contribution in [2.75, 3.05) is 13.2 Å². The smallest absolute Gasteiger partial charge is 0.105 e. The molecule has 4 atom stereocenters. The van der Waals surface area contributed by atoms with Crippen LogP contribution in [0.5, 0.6) is 0 Å². The quantitative estimate of drug-likeness (QED) is 0.793. The summed E-state index contributed by atoms with van der Waals surface area (Å²) in [4.78, 5) is 0. The Balaban J connectivity index is 1.88. The van der Waals surface area contributed by atoms with Crippen LogP contribution in [0.1, 0.15) is 46.5 Å². The van der Waals surface area contributed by atoms with E-state index in [1.54, 1.807) is 0 Å². The molecule has 1 heterocycles. The van der Waals surface area contributed by atoms with E-state index in [-0.39, 0.29) is 6.10 Å². The molecule has 17 heavy (non-hydrogen) atoms. The minimum Gasteiger partial charge on any atom is -0.386 e. The van der Waals surface area contributed by atoms with E-state index in [1.807, 2.05) is 6.92 Å². The van der Waals surface area contributed by atoms with E-state index in [4.69, 9.17) is 4.74 Å². The fraction of sp³-hybridized carbons (Fsp3) is 1.00. The summed E-state index contributed by atoms with van der Waals surface area (Å²) in [6, 6.07) is 0.556. The predicted octanol–water partition coefficient (Wildman–Crippen LogP) is 1.94. The molecule has 100 valence electrons. The summed E-state index contributed by atoms with van der Waals surface area (Å²) in [6.45, 7) is 7.99. The topological polar surface area (TPSA) is 41.5 Å². The Labute approximate surface area is 105 Å². The Kier molecular flexibility index (Phi) is 4.11. The minimum atomic E-state index is -0.656. The highest BCUT2D eigenvalue weighted by Crippen LogP contribution is 2.30. The standard InChI is InChI=1S/C14H27NO2/c1-10-5-4-6-11(2)13(10)15-9-14(16)7-8-17-12(14)3/h10-13,15-16H,4-9H2,1-3H3. The molecule has 0 spiro atoms. The normalized spacial score (nSPS) is 47.3. The number of hydrogen-bond acceptors (Lipinski definition) is 3. The first-order valence-electron chi connectivity index (χ1n) is 7.10. The van der Waals surface area contributed by atoms with Crippen LogP contribution in [0.25, 0.3) is 0 Å². The fourth-order valence-electron chi connectivity index (χ4n) is 3.38. The zero-order chi connectivity index (χ0) is 12.5. The zero-order valence-electron chi connectivity index (χ0n) is 11.4. The molecule has 1 saturated heterocycles. The lowest BCUT2D eigenvalue weighted by Gasteiger charge is -2.38. The van der Waals surface area contributed by atoms with Crippen LogP contribution in [-0.2, 0) is 4.74 Å². The summed E-state index contributed by atoms with van der Waals surface area (Å²) < 4.78 is 5.47. The van der Waals surface area contributed by atoms with Gasteiger partial charge in [-0.05, 0) is 31.6 Å². The van der Waals surface area contributed by atoms with Gasteiger partial charge in [-0.25, -0.2) is 0 Å². The monoisotopic (exact) mass is 241 g/mol. The SMILES string of the molecule is CC1CCCC(C)C1NCC1(O)CCOC1C. The lowest BCUT2D eigenvalue weighted by atomic mass is 9.78. The highest BCUT2D eigenvalue weighted by Gasteiger charge is 2.40. The van der Waals surface area contributed by atoms with Gasteiger partial charge in [0.15, 0.2) is 0 Å². The van der Waals surface area contributed by atoms with E-state index in [1.165, 1.54) is 19.3 Å². The highest BCUT2D eigenvalue weighted by atomic mass is 16.5. The molecule has 2 aliphatic rings. The van der Waals surface area contributed by atoms with Crippen LogP contribution in [0.4, 0.5) is 0 Å². The van der Waals surface area contributed by atoms with Gasteiger partial charge < -0.3 is 15.2 Å². The van der Waals surface area contributed by atoms with Crippen LogP contribution >= 0.6 is 0 Å². The highest BCUT2D eigenvalue weighted by molar-refractivity contribution is 4.94. The molecular formula is C14H27NO2. The van der Waals surface area contributed by atoms with E-state index < -0.39 is 5.60 Å². The Morgan fingerprint density at radius 1 is 1.24 bits per heavy atom. The summed E-state index contributed by atoms with van der Waals surface area (Å²) in [5.74, 6) is 1.44. The van der Waals surface area contributed by atoms with Crippen LogP contribution in [-0.4, -0.2) is 36.0 Å². The molecule has 0 radical (unpaired) electrons. The van der Waals surface area contributed by atoms with Gasteiger partial charge in [0.05, 0.1) is 6.10 Å². The third kappa shape index (κ3) is 2.83. The summed E-state index contributed by atoms with van der Waals surface area (Å²) in [5.41, 5.74) is -0.656. The van der Waals surface area contributed by atoms with Gasteiger partial charge in [-0.1, -0.05) is 20.3 Å². The summed E-state index contributed by atoms with van der Waals surface area (Å²) in [5, 5.41) is 14.1. The molecule has 3 nitrogen and oxygen atoms in total. The number of hydrogen-bond donors (Lipinski definition) is 2. The van der Waals surface area contributed by atoms with E-state index in [9.17, 15) is 5.11 Å². The van der Waals surface area contributed by atoms with Gasteiger partial charge >= 0.3 is 0 Å². The summed E-state index contributed by atoms with van der Waals surface area (Å²) in [6.07, 6.45) is 4.70. The van der Waals surface area contributed by atoms with E-state index in [0.29, 0.717) is 19.2 Å². The summed E-state index contributed by atoms with van der Waals surface area (Å²) >= 11 is 0. The van der Waals surface area contributed by atoms with Crippen molar-refractivity contribution in [1.82, 2.24) is 5.32 Å². The molecule has 2 fully saturated rings. The number of ether oxygens (including phenoxy) is 1. The molecule has 1 aliphatic heterocycles. The Bertz CT molecular complexity index is 249. The maximum absolute atomic E-state index is 10.5. The number of aliphatic hydroxyl groups is 1. The molecule has 2 N–H and O–H groups in total. The predicted molar refractivity (Wildman–Crippen MR) is 69.0 cm³/mol. The van der Waals surface area contributed by atoms with Crippen molar-refractivity contribution in [3.05, 3.63) is 0 Å². The van der Waals surface area contributed by atoms with Gasteiger partial charge in [0.25, 0.3) is 0 Å². The van der Waals surface area contributed by atoms with Crippen LogP contribution in [0.15, 0.2) is 0 Å². The van der Waals surface area contributed by atoms with Gasteiger partial charge in [-0.15, -0.1) is 0 Å². The van der Waals surface area contributed by atoms with Crippen LogP contribution in [0.2, 0.25) is 0 Å². The first-order valence-corrected chi connectivity index (χ1v) is 7.10. The second kappa shape index (κ2) is 5.25. The van der Waals surface area contributed by atoms with Crippen molar-refractivity contribution in [3.63, 3.8) is 0 Å². The first kappa shape index (κ1) is 13.3. The largest absolute Gasteiger partial charge is 0.386 e. The molecular weight excluding hydrogens is 214 g/mol. The third-order valence-electron chi connectivity index (χ3n) is 4.85. The van der Waals surface area contributed by atoms with Gasteiger partial charge in [0.2, 0.25) is 0 Å². The average Bonchev–Trinajstić information content (AvgIpc) is 2.59. The minimum absolute atomic E-state index is 0.0378. The number of rotatable bonds is 3. The Hall–Kier alpha value is -0.120. The first-order chi connectivity index (χ1) is 8.03. The van der Waals surface area contributed by atoms with Gasteiger partial charge in [0, 0.05) is 25.6 Å². The van der Waals surface area contributed by atoms with Crippen LogP contribution in [0, 0.1) is 11.8 Å². The van der Waals surface area contributed by atoms with E-state index in [2.05, 4.69) is 19.2 Å². The van der Waals surface area contributed by atoms with Crippen molar-refractivity contribution in [3.8, 4) is 0 Å². The van der Waals surface area contributed by atoms with Crippen molar-refractivity contribution >= 4 is 0 Å². The molecule has 4 unspecified atom stereocenters. The average molecular weight is 241 g/mol. The molecule has 0 aromatic heterocycles. The van der Waals surface area contributed by atoms with Gasteiger partial charge in [-0.3, -0.25) is 0 Å². The molecule has 0 aromatic carbocycles. The van der Waals surface area contributed by atoms with Crippen LogP contribution < -0.4 is 5.32 Å². The number of nitrogens with one attached hydrogen (secondary N) is 1. The second-order valence-electron chi connectivity index (χ2n) is 6.16.